The van der Waals surface area contributed by atoms with Crippen LogP contribution in [0.1, 0.15) is 6.92 Å². The Balaban J connectivity index is 0.000000148. The van der Waals surface area contributed by atoms with E-state index < -0.39 is 0 Å². The fraction of sp³-hybridized carbons (Fsp3) is 0.250. The SMILES string of the molecule is CC(N)=O.c1csnn1. The van der Waals surface area contributed by atoms with Gasteiger partial charge < -0.3 is 5.73 Å². The van der Waals surface area contributed by atoms with Gasteiger partial charge in [0.15, 0.2) is 0 Å². The van der Waals surface area contributed by atoms with Crippen LogP contribution >= 0.6 is 11.5 Å². The zero-order chi connectivity index (χ0) is 7.11. The van der Waals surface area contributed by atoms with Crippen molar-refractivity contribution in [3.8, 4) is 0 Å². The molecule has 0 spiro atoms. The smallest absolute Gasteiger partial charge is 0.214 e. The number of hydrogen-bond acceptors (Lipinski definition) is 4. The minimum Gasteiger partial charge on any atom is -0.370 e. The highest BCUT2D eigenvalue weighted by Crippen LogP contribution is 1.78. The van der Waals surface area contributed by atoms with Crippen molar-refractivity contribution in [2.24, 2.45) is 5.73 Å². The number of rotatable bonds is 0. The Morgan fingerprint density at radius 1 is 1.78 bits per heavy atom. The van der Waals surface area contributed by atoms with Gasteiger partial charge in [0.25, 0.3) is 0 Å². The Hall–Kier alpha value is -0.970. The summed E-state index contributed by atoms with van der Waals surface area (Å²) in [5.41, 5.74) is 4.47. The van der Waals surface area contributed by atoms with E-state index in [1.807, 2.05) is 5.38 Å². The number of amides is 1. The summed E-state index contributed by atoms with van der Waals surface area (Å²) in [5.74, 6) is -0.333. The molecule has 0 aliphatic heterocycles. The number of primary amides is 1. The summed E-state index contributed by atoms with van der Waals surface area (Å²) in [6, 6.07) is 0. The van der Waals surface area contributed by atoms with Crippen LogP contribution in [0.5, 0.6) is 0 Å². The van der Waals surface area contributed by atoms with E-state index in [1.165, 1.54) is 18.5 Å². The van der Waals surface area contributed by atoms with Gasteiger partial charge in [-0.3, -0.25) is 4.79 Å². The third-order valence-corrected chi connectivity index (χ3v) is 0.715. The molecule has 1 aromatic rings. The van der Waals surface area contributed by atoms with E-state index in [1.54, 1.807) is 6.20 Å². The van der Waals surface area contributed by atoms with Crippen LogP contribution in [-0.4, -0.2) is 15.5 Å². The summed E-state index contributed by atoms with van der Waals surface area (Å²) in [6.45, 7) is 1.31. The molecule has 0 unspecified atom stereocenters. The third-order valence-electron chi connectivity index (χ3n) is 0.283. The molecule has 0 saturated carbocycles. The molecule has 0 radical (unpaired) electrons. The summed E-state index contributed by atoms with van der Waals surface area (Å²) >= 11 is 1.35. The number of nitrogens with two attached hydrogens (primary N) is 1. The van der Waals surface area contributed by atoms with Crippen LogP contribution in [0.4, 0.5) is 0 Å². The molecule has 50 valence electrons. The summed E-state index contributed by atoms with van der Waals surface area (Å²) < 4.78 is 3.51. The summed E-state index contributed by atoms with van der Waals surface area (Å²) in [4.78, 5) is 9.22. The van der Waals surface area contributed by atoms with E-state index in [0.717, 1.165) is 0 Å². The second kappa shape index (κ2) is 5.17. The molecular weight excluding hydrogens is 138 g/mol. The Bertz CT molecular complexity index is 130. The molecule has 9 heavy (non-hydrogen) atoms. The molecule has 0 aliphatic rings. The number of nitrogens with zero attached hydrogens (tertiary/aromatic N) is 2. The minimum absolute atomic E-state index is 0.333. The van der Waals surface area contributed by atoms with Gasteiger partial charge in [-0.2, -0.15) is 0 Å². The van der Waals surface area contributed by atoms with Crippen molar-refractivity contribution < 1.29 is 4.79 Å². The van der Waals surface area contributed by atoms with E-state index >= 15 is 0 Å². The second-order valence-electron chi connectivity index (χ2n) is 1.20. The highest BCUT2D eigenvalue weighted by atomic mass is 32.1. The van der Waals surface area contributed by atoms with Crippen molar-refractivity contribution in [2.45, 2.75) is 6.92 Å². The molecule has 5 heteroatoms. The molecule has 0 atom stereocenters. The van der Waals surface area contributed by atoms with E-state index in [-0.39, 0.29) is 5.91 Å². The summed E-state index contributed by atoms with van der Waals surface area (Å²) in [7, 11) is 0. The standard InChI is InChI=1S/C2H2N2S.C2H5NO/c1-2-5-4-3-1;1-2(3)4/h1-2H;1H3,(H2,3,4). The topological polar surface area (TPSA) is 68.9 Å². The molecule has 0 saturated heterocycles. The quantitative estimate of drug-likeness (QED) is 0.560. The fourth-order valence-electron chi connectivity index (χ4n) is 0.136. The predicted molar refractivity (Wildman–Crippen MR) is 34.8 cm³/mol. The number of carbonyl (C=O) groups excluding carboxylic acids is 1. The molecule has 1 heterocycles. The van der Waals surface area contributed by atoms with E-state index in [0.29, 0.717) is 0 Å². The van der Waals surface area contributed by atoms with Crippen LogP contribution in [0.2, 0.25) is 0 Å². The molecule has 1 rings (SSSR count). The maximum absolute atomic E-state index is 9.22. The highest BCUT2D eigenvalue weighted by Gasteiger charge is 1.61. The lowest BCUT2D eigenvalue weighted by Crippen LogP contribution is -2.01. The summed E-state index contributed by atoms with van der Waals surface area (Å²) in [5, 5.41) is 5.31. The summed E-state index contributed by atoms with van der Waals surface area (Å²) in [6.07, 6.45) is 1.66. The van der Waals surface area contributed by atoms with Gasteiger partial charge in [-0.1, -0.05) is 4.49 Å². The number of aromatic nitrogens is 2. The van der Waals surface area contributed by atoms with Crippen LogP contribution < -0.4 is 5.73 Å². The maximum Gasteiger partial charge on any atom is 0.214 e. The van der Waals surface area contributed by atoms with Crippen LogP contribution in [0.25, 0.3) is 0 Å². The van der Waals surface area contributed by atoms with Crippen molar-refractivity contribution in [3.63, 3.8) is 0 Å². The Morgan fingerprint density at radius 3 is 2.44 bits per heavy atom. The van der Waals surface area contributed by atoms with Crippen LogP contribution in [0.15, 0.2) is 11.6 Å². The van der Waals surface area contributed by atoms with Gasteiger partial charge in [0, 0.05) is 12.3 Å². The molecule has 0 aromatic carbocycles. The monoisotopic (exact) mass is 145 g/mol. The first kappa shape index (κ1) is 8.03. The molecule has 0 bridgehead atoms. The number of hydrogen-bond donors (Lipinski definition) is 1. The van der Waals surface area contributed by atoms with Gasteiger partial charge >= 0.3 is 0 Å². The van der Waals surface area contributed by atoms with Crippen LogP contribution in [-0.2, 0) is 4.79 Å². The van der Waals surface area contributed by atoms with Crippen LogP contribution in [0, 0.1) is 0 Å². The molecule has 1 amide bonds. The lowest BCUT2D eigenvalue weighted by molar-refractivity contribution is -0.115. The first-order chi connectivity index (χ1) is 4.23. The minimum atomic E-state index is -0.333. The van der Waals surface area contributed by atoms with E-state index in [2.05, 4.69) is 15.3 Å². The van der Waals surface area contributed by atoms with Gasteiger partial charge in [-0.15, -0.1) is 5.10 Å². The second-order valence-corrected chi connectivity index (χ2v) is 1.84. The Labute approximate surface area is 56.9 Å². The Kier molecular flexibility index (Phi) is 4.61. The van der Waals surface area contributed by atoms with E-state index in [4.69, 9.17) is 0 Å². The largest absolute Gasteiger partial charge is 0.370 e. The normalized spacial score (nSPS) is 7.22. The van der Waals surface area contributed by atoms with Crippen molar-refractivity contribution in [1.29, 1.82) is 0 Å². The lowest BCUT2D eigenvalue weighted by atomic mass is 10.8. The van der Waals surface area contributed by atoms with Crippen molar-refractivity contribution in [1.82, 2.24) is 9.59 Å². The van der Waals surface area contributed by atoms with Crippen LogP contribution in [0.3, 0.4) is 0 Å². The van der Waals surface area contributed by atoms with Gasteiger partial charge in [0.05, 0.1) is 6.20 Å². The highest BCUT2D eigenvalue weighted by molar-refractivity contribution is 7.03. The predicted octanol–water partition coefficient (Wildman–Crippen LogP) is 0.0297. The molecular formula is C4H7N3OS. The zero-order valence-electron chi connectivity index (χ0n) is 4.94. The third kappa shape index (κ3) is 11.0. The van der Waals surface area contributed by atoms with Gasteiger partial charge in [0.1, 0.15) is 0 Å². The average Bonchev–Trinajstić information content (AvgIpc) is 2.11. The van der Waals surface area contributed by atoms with Gasteiger partial charge in [0.2, 0.25) is 5.91 Å². The molecule has 4 nitrogen and oxygen atoms in total. The first-order valence-corrected chi connectivity index (χ1v) is 3.04. The first-order valence-electron chi connectivity index (χ1n) is 2.20. The molecule has 0 fully saturated rings. The van der Waals surface area contributed by atoms with Crippen molar-refractivity contribution in [2.75, 3.05) is 0 Å². The average molecular weight is 145 g/mol. The van der Waals surface area contributed by atoms with E-state index in [9.17, 15) is 4.79 Å². The Morgan fingerprint density at radius 2 is 2.33 bits per heavy atom. The lowest BCUT2D eigenvalue weighted by Gasteiger charge is -1.60. The van der Waals surface area contributed by atoms with Gasteiger partial charge in [-0.05, 0) is 11.5 Å². The fourth-order valence-corrected chi connectivity index (χ4v) is 0.408. The molecule has 2 N–H and O–H groups in total. The van der Waals surface area contributed by atoms with Crippen molar-refractivity contribution >= 4 is 17.4 Å². The van der Waals surface area contributed by atoms with Gasteiger partial charge in [-0.25, -0.2) is 0 Å². The van der Waals surface area contributed by atoms with Crippen molar-refractivity contribution in [3.05, 3.63) is 11.6 Å². The number of carbonyl (C=O) groups is 1. The maximum atomic E-state index is 9.22. The molecule has 0 aliphatic carbocycles. The zero-order valence-corrected chi connectivity index (χ0v) is 5.76. The molecule has 1 aromatic heterocycles.